The van der Waals surface area contributed by atoms with Crippen LogP contribution < -0.4 is 0 Å². The summed E-state index contributed by atoms with van der Waals surface area (Å²) in [5, 5.41) is 13.8. The van der Waals surface area contributed by atoms with E-state index in [2.05, 4.69) is 15.3 Å². The number of carbonyl (C=O) groups is 1. The van der Waals surface area contributed by atoms with Crippen molar-refractivity contribution in [3.63, 3.8) is 0 Å². The molecule has 1 aromatic carbocycles. The fourth-order valence-electron chi connectivity index (χ4n) is 2.68. The van der Waals surface area contributed by atoms with Crippen molar-refractivity contribution in [2.75, 3.05) is 0 Å². The van der Waals surface area contributed by atoms with Crippen molar-refractivity contribution < 1.29 is 9.21 Å². The van der Waals surface area contributed by atoms with E-state index in [1.807, 2.05) is 38.1 Å². The number of hydrogen-bond acceptors (Lipinski definition) is 6. The maximum Gasteiger partial charge on any atom is 0.234 e. The van der Waals surface area contributed by atoms with Crippen LogP contribution in [0.3, 0.4) is 0 Å². The third-order valence-corrected chi connectivity index (χ3v) is 4.88. The second kappa shape index (κ2) is 5.68. The van der Waals surface area contributed by atoms with Gasteiger partial charge in [0.2, 0.25) is 4.96 Å². The summed E-state index contributed by atoms with van der Waals surface area (Å²) in [6, 6.07) is 9.45. The fourth-order valence-corrected chi connectivity index (χ4v) is 3.62. The third kappa shape index (κ3) is 2.25. The van der Waals surface area contributed by atoms with Gasteiger partial charge in [0.05, 0.1) is 0 Å². The van der Waals surface area contributed by atoms with Crippen molar-refractivity contribution in [2.45, 2.75) is 20.3 Å². The van der Waals surface area contributed by atoms with E-state index in [-0.39, 0.29) is 0 Å². The standard InChI is InChI=1S/C17H14N4O2S/c1-3-15-18-19-17-21(15)20-16(24-17)13-6-4-5-12(10(13)2)14-8-7-11(9-22)23-14/h4-9H,3H2,1-2H3. The van der Waals surface area contributed by atoms with Crippen LogP contribution in [0.2, 0.25) is 0 Å². The van der Waals surface area contributed by atoms with Gasteiger partial charge in [-0.05, 0) is 24.6 Å². The Morgan fingerprint density at radius 1 is 1.21 bits per heavy atom. The molecule has 0 N–H and O–H groups in total. The molecule has 24 heavy (non-hydrogen) atoms. The first-order chi connectivity index (χ1) is 11.7. The number of aromatic nitrogens is 4. The van der Waals surface area contributed by atoms with Gasteiger partial charge < -0.3 is 4.42 Å². The Balaban J connectivity index is 1.84. The Labute approximate surface area is 141 Å². The Morgan fingerprint density at radius 2 is 2.04 bits per heavy atom. The number of hydrogen-bond donors (Lipinski definition) is 0. The molecule has 0 bridgehead atoms. The van der Waals surface area contributed by atoms with Gasteiger partial charge in [0.15, 0.2) is 17.9 Å². The normalized spacial score (nSPS) is 11.2. The van der Waals surface area contributed by atoms with Gasteiger partial charge in [-0.15, -0.1) is 10.2 Å². The summed E-state index contributed by atoms with van der Waals surface area (Å²) in [5.74, 6) is 1.85. The minimum Gasteiger partial charge on any atom is -0.453 e. The summed E-state index contributed by atoms with van der Waals surface area (Å²) in [7, 11) is 0. The van der Waals surface area contributed by atoms with Crippen LogP contribution in [0.1, 0.15) is 28.9 Å². The average molecular weight is 338 g/mol. The van der Waals surface area contributed by atoms with E-state index in [0.29, 0.717) is 17.8 Å². The quantitative estimate of drug-likeness (QED) is 0.529. The zero-order valence-electron chi connectivity index (χ0n) is 13.2. The smallest absolute Gasteiger partial charge is 0.234 e. The van der Waals surface area contributed by atoms with Crippen molar-refractivity contribution in [2.24, 2.45) is 0 Å². The van der Waals surface area contributed by atoms with Crippen LogP contribution in [0.15, 0.2) is 34.7 Å². The van der Waals surface area contributed by atoms with E-state index in [1.165, 1.54) is 11.3 Å². The maximum atomic E-state index is 10.8. The van der Waals surface area contributed by atoms with Crippen LogP contribution in [-0.2, 0) is 6.42 Å². The molecule has 0 amide bonds. The molecule has 6 nitrogen and oxygen atoms in total. The van der Waals surface area contributed by atoms with Crippen LogP contribution >= 0.6 is 11.3 Å². The number of aldehydes is 1. The minimum absolute atomic E-state index is 0.321. The van der Waals surface area contributed by atoms with Gasteiger partial charge in [0, 0.05) is 17.5 Å². The number of benzene rings is 1. The van der Waals surface area contributed by atoms with Gasteiger partial charge in [-0.1, -0.05) is 36.5 Å². The van der Waals surface area contributed by atoms with Gasteiger partial charge in [-0.3, -0.25) is 4.79 Å². The summed E-state index contributed by atoms with van der Waals surface area (Å²) >= 11 is 1.51. The molecule has 4 rings (SSSR count). The van der Waals surface area contributed by atoms with E-state index in [1.54, 1.807) is 10.6 Å². The van der Waals surface area contributed by atoms with E-state index < -0.39 is 0 Å². The van der Waals surface area contributed by atoms with Gasteiger partial charge in [-0.2, -0.15) is 9.61 Å². The van der Waals surface area contributed by atoms with Gasteiger partial charge in [-0.25, -0.2) is 0 Å². The van der Waals surface area contributed by atoms with Crippen molar-refractivity contribution in [1.82, 2.24) is 19.8 Å². The monoisotopic (exact) mass is 338 g/mol. The third-order valence-electron chi connectivity index (χ3n) is 3.94. The molecule has 0 aliphatic carbocycles. The lowest BCUT2D eigenvalue weighted by Gasteiger charge is -2.07. The number of furan rings is 1. The van der Waals surface area contributed by atoms with E-state index in [4.69, 9.17) is 4.42 Å². The van der Waals surface area contributed by atoms with Crippen LogP contribution in [0.25, 0.3) is 26.9 Å². The highest BCUT2D eigenvalue weighted by molar-refractivity contribution is 7.19. The molecule has 120 valence electrons. The minimum atomic E-state index is 0.321. The van der Waals surface area contributed by atoms with Crippen LogP contribution in [0.5, 0.6) is 0 Å². The Hall–Kier alpha value is -2.80. The summed E-state index contributed by atoms with van der Waals surface area (Å²) in [6.07, 6.45) is 1.49. The number of aryl methyl sites for hydroxylation is 1. The summed E-state index contributed by atoms with van der Waals surface area (Å²) in [5.41, 5.74) is 3.02. The van der Waals surface area contributed by atoms with E-state index >= 15 is 0 Å². The van der Waals surface area contributed by atoms with E-state index in [9.17, 15) is 4.79 Å². The first-order valence-corrected chi connectivity index (χ1v) is 8.39. The first-order valence-electron chi connectivity index (χ1n) is 7.57. The summed E-state index contributed by atoms with van der Waals surface area (Å²) in [4.78, 5) is 11.6. The number of carbonyl (C=O) groups excluding carboxylic acids is 1. The number of rotatable bonds is 4. The van der Waals surface area contributed by atoms with Gasteiger partial charge in [0.25, 0.3) is 0 Å². The number of fused-ring (bicyclic) bond motifs is 1. The SMILES string of the molecule is CCc1nnc2sc(-c3cccc(-c4ccc(C=O)o4)c3C)nn12. The zero-order chi connectivity index (χ0) is 16.7. The molecule has 0 fully saturated rings. The lowest BCUT2D eigenvalue weighted by Crippen LogP contribution is -1.94. The van der Waals surface area contributed by atoms with Crippen LogP contribution in [0, 0.1) is 6.92 Å². The van der Waals surface area contributed by atoms with Crippen molar-refractivity contribution in [1.29, 1.82) is 0 Å². The average Bonchev–Trinajstić information content (AvgIpc) is 3.30. The molecule has 0 radical (unpaired) electrons. The largest absolute Gasteiger partial charge is 0.453 e. The van der Waals surface area contributed by atoms with Crippen LogP contribution in [-0.4, -0.2) is 26.1 Å². The second-order valence-corrected chi connectivity index (χ2v) is 6.33. The van der Waals surface area contributed by atoms with Crippen LogP contribution in [0.4, 0.5) is 0 Å². The molecule has 4 aromatic rings. The molecule has 7 heteroatoms. The summed E-state index contributed by atoms with van der Waals surface area (Å²) < 4.78 is 7.35. The second-order valence-electron chi connectivity index (χ2n) is 5.37. The molecule has 0 atom stereocenters. The molecular weight excluding hydrogens is 324 g/mol. The molecular formula is C17H14N4O2S. The van der Waals surface area contributed by atoms with Gasteiger partial charge >= 0.3 is 0 Å². The molecule has 0 saturated carbocycles. The lowest BCUT2D eigenvalue weighted by atomic mass is 10.0. The Bertz CT molecular complexity index is 1040. The Kier molecular flexibility index (Phi) is 3.50. The highest BCUT2D eigenvalue weighted by Crippen LogP contribution is 2.34. The molecule has 0 unspecified atom stereocenters. The van der Waals surface area contributed by atoms with Crippen molar-refractivity contribution in [3.05, 3.63) is 47.5 Å². The first kappa shape index (κ1) is 14.8. The maximum absolute atomic E-state index is 10.8. The highest BCUT2D eigenvalue weighted by Gasteiger charge is 2.16. The van der Waals surface area contributed by atoms with Gasteiger partial charge in [0.1, 0.15) is 10.8 Å². The molecule has 3 heterocycles. The molecule has 0 aliphatic rings. The molecule has 0 saturated heterocycles. The molecule has 0 spiro atoms. The van der Waals surface area contributed by atoms with Crippen molar-refractivity contribution in [3.8, 4) is 21.9 Å². The molecule has 3 aromatic heterocycles. The summed E-state index contributed by atoms with van der Waals surface area (Å²) in [6.45, 7) is 4.06. The molecule has 0 aliphatic heterocycles. The van der Waals surface area contributed by atoms with Crippen molar-refractivity contribution >= 4 is 22.6 Å². The Morgan fingerprint density at radius 3 is 2.79 bits per heavy atom. The predicted molar refractivity (Wildman–Crippen MR) is 91.3 cm³/mol. The zero-order valence-corrected chi connectivity index (χ0v) is 14.0. The topological polar surface area (TPSA) is 73.3 Å². The lowest BCUT2D eigenvalue weighted by molar-refractivity contribution is 0.110. The number of nitrogens with zero attached hydrogens (tertiary/aromatic N) is 4. The predicted octanol–water partition coefficient (Wildman–Crippen LogP) is 3.80. The van der Waals surface area contributed by atoms with E-state index in [0.717, 1.165) is 38.9 Å². The fraction of sp³-hybridized carbons (Fsp3) is 0.176. The highest BCUT2D eigenvalue weighted by atomic mass is 32.1.